The van der Waals surface area contributed by atoms with Crippen molar-refractivity contribution in [1.29, 1.82) is 0 Å². The maximum Gasteiger partial charge on any atom is 0.231 e. The average Bonchev–Trinajstić information content (AvgIpc) is 3.49. The molecule has 0 amide bonds. The molecule has 0 radical (unpaired) electrons. The van der Waals surface area contributed by atoms with Crippen LogP contribution in [0.25, 0.3) is 17.1 Å². The van der Waals surface area contributed by atoms with Gasteiger partial charge in [0.1, 0.15) is 5.75 Å². The minimum atomic E-state index is -0.0530. The number of carbonyl (C=O) groups is 1. The second kappa shape index (κ2) is 9.17. The van der Waals surface area contributed by atoms with Gasteiger partial charge in [0.05, 0.1) is 18.4 Å². The Balaban J connectivity index is 1.48. The van der Waals surface area contributed by atoms with E-state index in [9.17, 15) is 4.79 Å². The number of hydrogen-bond acceptors (Lipinski definition) is 7. The Morgan fingerprint density at radius 2 is 1.85 bits per heavy atom. The molecule has 166 valence electrons. The van der Waals surface area contributed by atoms with Crippen molar-refractivity contribution in [1.82, 2.24) is 14.8 Å². The highest BCUT2D eigenvalue weighted by molar-refractivity contribution is 7.99. The van der Waals surface area contributed by atoms with Crippen molar-refractivity contribution in [2.75, 3.05) is 19.7 Å². The smallest absolute Gasteiger partial charge is 0.231 e. The third-order valence-corrected chi connectivity index (χ3v) is 6.27. The van der Waals surface area contributed by atoms with Crippen molar-refractivity contribution in [2.45, 2.75) is 5.16 Å². The standard InChI is InChI=1S/C24H18ClN3O4S/c1-30-20-5-3-2-4-18(20)23-26-27-24(28(23)17-9-7-16(25)8-10-17)33-13-19(29)15-6-11-21-22(12-15)32-14-31-21/h2-12H,13-14H2,1H3. The number of Topliss-reactive ketones (excluding diaryl/α,β-unsaturated/α-hetero) is 1. The van der Waals surface area contributed by atoms with Crippen LogP contribution >= 0.6 is 23.4 Å². The van der Waals surface area contributed by atoms with E-state index < -0.39 is 0 Å². The molecule has 0 bridgehead atoms. The van der Waals surface area contributed by atoms with Gasteiger partial charge < -0.3 is 14.2 Å². The van der Waals surface area contributed by atoms with Gasteiger partial charge in [-0.05, 0) is 54.6 Å². The van der Waals surface area contributed by atoms with Crippen LogP contribution in [0.2, 0.25) is 5.02 Å². The predicted octanol–water partition coefficient (Wildman–Crippen LogP) is 5.30. The molecule has 0 saturated heterocycles. The Hall–Kier alpha value is -3.49. The third kappa shape index (κ3) is 4.27. The first kappa shape index (κ1) is 21.4. The lowest BCUT2D eigenvalue weighted by molar-refractivity contribution is 0.102. The van der Waals surface area contributed by atoms with Gasteiger partial charge in [-0.15, -0.1) is 10.2 Å². The Kier molecular flexibility index (Phi) is 5.93. The lowest BCUT2D eigenvalue weighted by Crippen LogP contribution is -2.05. The number of thioether (sulfide) groups is 1. The highest BCUT2D eigenvalue weighted by atomic mass is 35.5. The zero-order valence-electron chi connectivity index (χ0n) is 17.5. The first-order valence-corrected chi connectivity index (χ1v) is 11.4. The lowest BCUT2D eigenvalue weighted by Gasteiger charge is -2.12. The first-order valence-electron chi connectivity index (χ1n) is 10.0. The fraction of sp³-hybridized carbons (Fsp3) is 0.125. The summed E-state index contributed by atoms with van der Waals surface area (Å²) in [5, 5.41) is 10.0. The normalized spacial score (nSPS) is 12.1. The number of carbonyl (C=O) groups excluding carboxylic acids is 1. The van der Waals surface area contributed by atoms with Gasteiger partial charge in [0.2, 0.25) is 6.79 Å². The number of aromatic nitrogens is 3. The number of methoxy groups -OCH3 is 1. The Morgan fingerprint density at radius 1 is 1.06 bits per heavy atom. The predicted molar refractivity (Wildman–Crippen MR) is 126 cm³/mol. The summed E-state index contributed by atoms with van der Waals surface area (Å²) in [7, 11) is 1.61. The molecule has 0 unspecified atom stereocenters. The van der Waals surface area contributed by atoms with Crippen LogP contribution in [0.15, 0.2) is 71.9 Å². The highest BCUT2D eigenvalue weighted by Crippen LogP contribution is 2.35. The summed E-state index contributed by atoms with van der Waals surface area (Å²) in [4.78, 5) is 12.9. The Labute approximate surface area is 199 Å². The van der Waals surface area contributed by atoms with Gasteiger partial charge in [-0.25, -0.2) is 0 Å². The molecular formula is C24H18ClN3O4S. The van der Waals surface area contributed by atoms with Crippen LogP contribution in [-0.4, -0.2) is 40.2 Å². The van der Waals surface area contributed by atoms with Gasteiger partial charge in [0, 0.05) is 16.3 Å². The van der Waals surface area contributed by atoms with E-state index in [1.54, 1.807) is 37.4 Å². The monoisotopic (exact) mass is 479 g/mol. The quantitative estimate of drug-likeness (QED) is 0.263. The maximum absolute atomic E-state index is 12.9. The number of para-hydroxylation sites is 1. The summed E-state index contributed by atoms with van der Waals surface area (Å²) in [6, 6.07) is 20.1. The van der Waals surface area contributed by atoms with Crippen molar-refractivity contribution in [3.63, 3.8) is 0 Å². The van der Waals surface area contributed by atoms with E-state index in [-0.39, 0.29) is 18.3 Å². The number of fused-ring (bicyclic) bond motifs is 1. The van der Waals surface area contributed by atoms with E-state index in [0.29, 0.717) is 38.8 Å². The van der Waals surface area contributed by atoms with Gasteiger partial charge in [-0.2, -0.15) is 0 Å². The van der Waals surface area contributed by atoms with Gasteiger partial charge in [-0.3, -0.25) is 9.36 Å². The van der Waals surface area contributed by atoms with Crippen LogP contribution in [0.4, 0.5) is 0 Å². The number of hydrogen-bond donors (Lipinski definition) is 0. The summed E-state index contributed by atoms with van der Waals surface area (Å²) in [5.74, 6) is 2.62. The fourth-order valence-electron chi connectivity index (χ4n) is 3.47. The van der Waals surface area contributed by atoms with Crippen molar-refractivity contribution in [3.05, 3.63) is 77.3 Å². The van der Waals surface area contributed by atoms with Crippen molar-refractivity contribution >= 4 is 29.1 Å². The topological polar surface area (TPSA) is 75.5 Å². The molecule has 1 aromatic heterocycles. The summed E-state index contributed by atoms with van der Waals surface area (Å²) in [6.07, 6.45) is 0. The Bertz CT molecular complexity index is 1320. The second-order valence-corrected chi connectivity index (χ2v) is 8.48. The molecule has 1 aliphatic heterocycles. The van der Waals surface area contributed by atoms with Crippen LogP contribution in [0, 0.1) is 0 Å². The van der Waals surface area contributed by atoms with Crippen LogP contribution in [0.1, 0.15) is 10.4 Å². The maximum atomic E-state index is 12.9. The summed E-state index contributed by atoms with van der Waals surface area (Å²) >= 11 is 7.40. The van der Waals surface area contributed by atoms with Crippen molar-refractivity contribution in [3.8, 4) is 34.3 Å². The average molecular weight is 480 g/mol. The number of ether oxygens (including phenoxy) is 3. The molecule has 0 aliphatic carbocycles. The number of nitrogens with zero attached hydrogens (tertiary/aromatic N) is 3. The summed E-state index contributed by atoms with van der Waals surface area (Å²) in [6.45, 7) is 0.164. The second-order valence-electron chi connectivity index (χ2n) is 7.10. The fourth-order valence-corrected chi connectivity index (χ4v) is 4.45. The SMILES string of the molecule is COc1ccccc1-c1nnc(SCC(=O)c2ccc3c(c2)OCO3)n1-c1ccc(Cl)cc1. The molecule has 3 aromatic carbocycles. The molecule has 7 nitrogen and oxygen atoms in total. The van der Waals surface area contributed by atoms with Crippen LogP contribution in [0.3, 0.4) is 0 Å². The number of rotatable bonds is 7. The molecule has 4 aromatic rings. The van der Waals surface area contributed by atoms with E-state index in [1.807, 2.05) is 41.0 Å². The molecule has 0 fully saturated rings. The van der Waals surface area contributed by atoms with Crippen LogP contribution in [0.5, 0.6) is 17.2 Å². The van der Waals surface area contributed by atoms with Crippen LogP contribution in [-0.2, 0) is 0 Å². The zero-order chi connectivity index (χ0) is 22.8. The molecule has 0 N–H and O–H groups in total. The first-order chi connectivity index (χ1) is 16.1. The molecule has 33 heavy (non-hydrogen) atoms. The zero-order valence-corrected chi connectivity index (χ0v) is 19.1. The highest BCUT2D eigenvalue weighted by Gasteiger charge is 2.21. The van der Waals surface area contributed by atoms with E-state index in [4.69, 9.17) is 25.8 Å². The molecular weight excluding hydrogens is 462 g/mol. The van der Waals surface area contributed by atoms with Crippen molar-refractivity contribution < 1.29 is 19.0 Å². The molecule has 0 atom stereocenters. The van der Waals surface area contributed by atoms with E-state index in [2.05, 4.69) is 10.2 Å². The molecule has 5 rings (SSSR count). The largest absolute Gasteiger partial charge is 0.496 e. The van der Waals surface area contributed by atoms with Gasteiger partial charge in [0.15, 0.2) is 28.3 Å². The van der Waals surface area contributed by atoms with Gasteiger partial charge >= 0.3 is 0 Å². The van der Waals surface area contributed by atoms with E-state index in [1.165, 1.54) is 11.8 Å². The summed E-state index contributed by atoms with van der Waals surface area (Å²) < 4.78 is 18.1. The molecule has 0 saturated carbocycles. The van der Waals surface area contributed by atoms with Gasteiger partial charge in [-0.1, -0.05) is 35.5 Å². The number of halogens is 1. The minimum absolute atomic E-state index is 0.0530. The van der Waals surface area contributed by atoms with Gasteiger partial charge in [0.25, 0.3) is 0 Å². The summed E-state index contributed by atoms with van der Waals surface area (Å²) in [5.41, 5.74) is 2.16. The molecule has 9 heteroatoms. The minimum Gasteiger partial charge on any atom is -0.496 e. The van der Waals surface area contributed by atoms with E-state index in [0.717, 1.165) is 11.3 Å². The molecule has 1 aliphatic rings. The molecule has 2 heterocycles. The van der Waals surface area contributed by atoms with E-state index >= 15 is 0 Å². The number of ketones is 1. The third-order valence-electron chi connectivity index (χ3n) is 5.09. The molecule has 0 spiro atoms. The number of benzene rings is 3. The Morgan fingerprint density at radius 3 is 2.67 bits per heavy atom. The lowest BCUT2D eigenvalue weighted by atomic mass is 10.1. The van der Waals surface area contributed by atoms with Crippen LogP contribution < -0.4 is 14.2 Å². The van der Waals surface area contributed by atoms with Crippen molar-refractivity contribution in [2.24, 2.45) is 0 Å².